The van der Waals surface area contributed by atoms with Gasteiger partial charge in [0.25, 0.3) is 0 Å². The average molecular weight is 334 g/mol. The molecule has 0 aromatic heterocycles. The molecule has 0 radical (unpaired) electrons. The predicted octanol–water partition coefficient (Wildman–Crippen LogP) is 3.09. The van der Waals surface area contributed by atoms with E-state index in [2.05, 4.69) is 6.92 Å². The van der Waals surface area contributed by atoms with Gasteiger partial charge in [-0.2, -0.15) is 0 Å². The minimum absolute atomic E-state index is 0.359. The van der Waals surface area contributed by atoms with Crippen LogP contribution in [-0.4, -0.2) is 9.41 Å². The standard InChI is InChI=1S/C12H15IO3/c1-2-3-4-5-9-6-7-10-11(8-9)13(15)16-12(10)14/h6-8,15H,2-5H2,1H3. The molecule has 1 heterocycles. The Labute approximate surface area is 103 Å². The molecule has 1 aliphatic heterocycles. The van der Waals surface area contributed by atoms with Gasteiger partial charge in [0.1, 0.15) is 0 Å². The molecular formula is C12H15IO3. The summed E-state index contributed by atoms with van der Waals surface area (Å²) in [6.07, 6.45) is 4.59. The molecule has 4 heteroatoms. The molecule has 1 aromatic carbocycles. The molecule has 0 atom stereocenters. The monoisotopic (exact) mass is 334 g/mol. The number of halogens is 1. The van der Waals surface area contributed by atoms with Gasteiger partial charge in [-0.05, 0) is 0 Å². The van der Waals surface area contributed by atoms with Crippen LogP contribution in [0.5, 0.6) is 0 Å². The quantitative estimate of drug-likeness (QED) is 0.680. The molecule has 16 heavy (non-hydrogen) atoms. The van der Waals surface area contributed by atoms with Crippen LogP contribution in [0.4, 0.5) is 0 Å². The van der Waals surface area contributed by atoms with Crippen molar-refractivity contribution in [3.05, 3.63) is 32.9 Å². The summed E-state index contributed by atoms with van der Waals surface area (Å²) >= 11 is -2.60. The number of hydrogen-bond acceptors (Lipinski definition) is 3. The van der Waals surface area contributed by atoms with Crippen molar-refractivity contribution in [1.82, 2.24) is 0 Å². The molecular weight excluding hydrogens is 319 g/mol. The van der Waals surface area contributed by atoms with Crippen molar-refractivity contribution < 1.29 is 11.3 Å². The minimum atomic E-state index is -2.60. The van der Waals surface area contributed by atoms with Crippen LogP contribution in [0.25, 0.3) is 0 Å². The van der Waals surface area contributed by atoms with Gasteiger partial charge >= 0.3 is 103 Å². The Morgan fingerprint density at radius 2 is 2.19 bits per heavy atom. The van der Waals surface area contributed by atoms with Crippen molar-refractivity contribution in [3.63, 3.8) is 0 Å². The van der Waals surface area contributed by atoms with Gasteiger partial charge in [-0.15, -0.1) is 0 Å². The molecule has 88 valence electrons. The van der Waals surface area contributed by atoms with Crippen molar-refractivity contribution in [3.8, 4) is 0 Å². The zero-order valence-corrected chi connectivity index (χ0v) is 11.4. The second-order valence-corrected chi connectivity index (χ2v) is 6.79. The summed E-state index contributed by atoms with van der Waals surface area (Å²) in [4.78, 5) is 11.3. The molecule has 1 N–H and O–H groups in total. The number of fused-ring (bicyclic) bond motifs is 1. The Hall–Kier alpha value is -0.620. The van der Waals surface area contributed by atoms with Gasteiger partial charge in [-0.3, -0.25) is 0 Å². The number of benzene rings is 1. The second kappa shape index (κ2) is 5.14. The molecule has 0 fully saturated rings. The summed E-state index contributed by atoms with van der Waals surface area (Å²) in [5, 5.41) is 0. The topological polar surface area (TPSA) is 46.5 Å². The van der Waals surface area contributed by atoms with Crippen LogP contribution in [0.1, 0.15) is 42.1 Å². The first-order chi connectivity index (χ1) is 7.72. The fourth-order valence-electron chi connectivity index (χ4n) is 1.74. The van der Waals surface area contributed by atoms with E-state index in [0.29, 0.717) is 5.56 Å². The van der Waals surface area contributed by atoms with E-state index < -0.39 is 20.6 Å². The molecule has 1 aromatic rings. The van der Waals surface area contributed by atoms with Gasteiger partial charge in [0.15, 0.2) is 0 Å². The Balaban J connectivity index is 2.13. The van der Waals surface area contributed by atoms with Gasteiger partial charge in [0.05, 0.1) is 0 Å². The summed E-state index contributed by atoms with van der Waals surface area (Å²) in [5.74, 6) is -0.359. The normalized spacial score (nSPS) is 16.1. The summed E-state index contributed by atoms with van der Waals surface area (Å²) in [6, 6.07) is 5.69. The number of unbranched alkanes of at least 4 members (excludes halogenated alkanes) is 2. The van der Waals surface area contributed by atoms with E-state index in [0.717, 1.165) is 16.4 Å². The first-order valence-corrected chi connectivity index (χ1v) is 8.39. The average Bonchev–Trinajstić information content (AvgIpc) is 2.55. The Morgan fingerprint density at radius 3 is 2.94 bits per heavy atom. The van der Waals surface area contributed by atoms with E-state index in [1.165, 1.54) is 18.4 Å². The maximum atomic E-state index is 11.3. The molecule has 0 saturated heterocycles. The molecule has 0 spiro atoms. The Bertz CT molecular complexity index is 403. The van der Waals surface area contributed by atoms with E-state index in [1.54, 1.807) is 6.07 Å². The molecule has 0 saturated carbocycles. The Morgan fingerprint density at radius 1 is 1.38 bits per heavy atom. The second-order valence-electron chi connectivity index (χ2n) is 3.87. The third-order valence-corrected chi connectivity index (χ3v) is 5.34. The number of rotatable bonds is 4. The summed E-state index contributed by atoms with van der Waals surface area (Å²) in [6.45, 7) is 2.17. The third kappa shape index (κ3) is 2.38. The van der Waals surface area contributed by atoms with Crippen LogP contribution in [0.2, 0.25) is 0 Å². The molecule has 0 aliphatic carbocycles. The number of hydrogen-bond donors (Lipinski definition) is 1. The van der Waals surface area contributed by atoms with E-state index in [4.69, 9.17) is 3.07 Å². The van der Waals surface area contributed by atoms with Crippen molar-refractivity contribution in [2.45, 2.75) is 32.6 Å². The predicted molar refractivity (Wildman–Crippen MR) is 70.0 cm³/mol. The number of carbonyl (C=O) groups is 1. The SMILES string of the molecule is CCCCCc1ccc2c(c1)I(O)OC2=O. The van der Waals surface area contributed by atoms with Gasteiger partial charge in [0, 0.05) is 0 Å². The maximum absolute atomic E-state index is 11.3. The fraction of sp³-hybridized carbons (Fsp3) is 0.417. The van der Waals surface area contributed by atoms with E-state index in [9.17, 15) is 8.23 Å². The summed E-state index contributed by atoms with van der Waals surface area (Å²) in [7, 11) is 0. The number of carbonyl (C=O) groups excluding carboxylic acids is 1. The van der Waals surface area contributed by atoms with Crippen LogP contribution >= 0.6 is 20.6 Å². The first-order valence-electron chi connectivity index (χ1n) is 5.47. The van der Waals surface area contributed by atoms with Crippen molar-refractivity contribution in [2.75, 3.05) is 0 Å². The van der Waals surface area contributed by atoms with E-state index in [-0.39, 0.29) is 5.97 Å². The van der Waals surface area contributed by atoms with E-state index >= 15 is 0 Å². The van der Waals surface area contributed by atoms with Crippen molar-refractivity contribution >= 4 is 26.6 Å². The van der Waals surface area contributed by atoms with E-state index in [1.807, 2.05) is 12.1 Å². The van der Waals surface area contributed by atoms with Crippen molar-refractivity contribution in [2.24, 2.45) is 0 Å². The van der Waals surface area contributed by atoms with Crippen LogP contribution in [-0.2, 0) is 9.49 Å². The fourth-order valence-corrected chi connectivity index (χ4v) is 4.16. The number of aryl methyl sites for hydroxylation is 1. The first kappa shape index (κ1) is 11.9. The molecule has 3 nitrogen and oxygen atoms in total. The zero-order valence-electron chi connectivity index (χ0n) is 9.20. The van der Waals surface area contributed by atoms with Gasteiger partial charge in [-0.25, -0.2) is 0 Å². The van der Waals surface area contributed by atoms with Crippen LogP contribution < -0.4 is 0 Å². The molecule has 2 rings (SSSR count). The summed E-state index contributed by atoms with van der Waals surface area (Å²) < 4.78 is 15.3. The van der Waals surface area contributed by atoms with Crippen LogP contribution in [0.15, 0.2) is 18.2 Å². The van der Waals surface area contributed by atoms with Crippen LogP contribution in [0, 0.1) is 3.57 Å². The molecule has 0 unspecified atom stereocenters. The van der Waals surface area contributed by atoms with Crippen molar-refractivity contribution in [1.29, 1.82) is 0 Å². The third-order valence-electron chi connectivity index (χ3n) is 2.64. The molecule has 1 aliphatic rings. The molecule has 0 amide bonds. The van der Waals surface area contributed by atoms with Gasteiger partial charge in [0.2, 0.25) is 0 Å². The van der Waals surface area contributed by atoms with Gasteiger partial charge in [-0.1, -0.05) is 0 Å². The summed E-state index contributed by atoms with van der Waals surface area (Å²) in [5.41, 5.74) is 1.76. The Kier molecular flexibility index (Phi) is 3.81. The van der Waals surface area contributed by atoms with Gasteiger partial charge < -0.3 is 0 Å². The zero-order chi connectivity index (χ0) is 11.5. The van der Waals surface area contributed by atoms with Crippen LogP contribution in [0.3, 0.4) is 0 Å². The molecule has 0 bridgehead atoms.